The molecule has 0 bridgehead atoms. The number of carbonyl (C=O) groups excluding carboxylic acids is 2. The molecule has 1 atom stereocenters. The van der Waals surface area contributed by atoms with E-state index in [9.17, 15) is 9.59 Å². The summed E-state index contributed by atoms with van der Waals surface area (Å²) in [5.41, 5.74) is 2.44. The second-order valence-electron chi connectivity index (χ2n) is 7.35. The first kappa shape index (κ1) is 18.4. The molecule has 3 amide bonds. The lowest BCUT2D eigenvalue weighted by Gasteiger charge is -2.30. The van der Waals surface area contributed by atoms with Gasteiger partial charge in [-0.2, -0.15) is 0 Å². The van der Waals surface area contributed by atoms with Crippen LogP contribution in [0, 0.1) is 0 Å². The first-order chi connectivity index (χ1) is 13.6. The highest BCUT2D eigenvalue weighted by Crippen LogP contribution is 2.32. The number of rotatable bonds is 5. The molecule has 2 aliphatic rings. The highest BCUT2D eigenvalue weighted by atomic mass is 16.2. The average Bonchev–Trinajstić information content (AvgIpc) is 3.00. The molecule has 0 aromatic heterocycles. The molecular formula is C23H25N3O2. The minimum atomic E-state index is -0.959. The number of hydrogen-bond donors (Lipinski definition) is 1. The van der Waals surface area contributed by atoms with Crippen molar-refractivity contribution in [3.05, 3.63) is 77.9 Å². The van der Waals surface area contributed by atoms with Gasteiger partial charge in [0, 0.05) is 13.1 Å². The lowest BCUT2D eigenvalue weighted by atomic mass is 9.87. The van der Waals surface area contributed by atoms with Crippen LogP contribution in [0.5, 0.6) is 0 Å². The Kier molecular flexibility index (Phi) is 5.01. The molecular weight excluding hydrogens is 350 g/mol. The lowest BCUT2D eigenvalue weighted by molar-refractivity contribution is -0.133. The fourth-order valence-corrected chi connectivity index (χ4v) is 4.07. The summed E-state index contributed by atoms with van der Waals surface area (Å²) >= 11 is 0. The molecule has 4 rings (SSSR count). The fourth-order valence-electron chi connectivity index (χ4n) is 4.07. The van der Waals surface area contributed by atoms with E-state index < -0.39 is 5.54 Å². The zero-order valence-corrected chi connectivity index (χ0v) is 16.1. The van der Waals surface area contributed by atoms with E-state index in [0.29, 0.717) is 13.1 Å². The van der Waals surface area contributed by atoms with E-state index in [-0.39, 0.29) is 11.9 Å². The standard InChI is InChI=1S/C23H25N3O2/c1-2-23(20-11-7-4-8-12-20)21(27)26(22(28)24-23)17-25-15-13-19(14-16-25)18-9-5-3-6-10-18/h3-13H,2,14-17H2,1H3,(H,24,28)/t23-/m1/s1. The Morgan fingerprint density at radius 3 is 2.29 bits per heavy atom. The molecule has 5 nitrogen and oxygen atoms in total. The van der Waals surface area contributed by atoms with Crippen molar-refractivity contribution in [3.63, 3.8) is 0 Å². The van der Waals surface area contributed by atoms with Crippen LogP contribution >= 0.6 is 0 Å². The number of carbonyl (C=O) groups is 2. The molecule has 0 saturated carbocycles. The van der Waals surface area contributed by atoms with Gasteiger partial charge < -0.3 is 5.32 Å². The molecule has 28 heavy (non-hydrogen) atoms. The van der Waals surface area contributed by atoms with E-state index in [4.69, 9.17) is 0 Å². The van der Waals surface area contributed by atoms with Crippen molar-refractivity contribution in [2.75, 3.05) is 19.8 Å². The zero-order valence-electron chi connectivity index (χ0n) is 16.1. The number of urea groups is 1. The first-order valence-electron chi connectivity index (χ1n) is 9.80. The second kappa shape index (κ2) is 7.60. The summed E-state index contributed by atoms with van der Waals surface area (Å²) in [4.78, 5) is 29.4. The van der Waals surface area contributed by atoms with Crippen molar-refractivity contribution in [1.29, 1.82) is 0 Å². The number of nitrogens with one attached hydrogen (secondary N) is 1. The van der Waals surface area contributed by atoms with Crippen molar-refractivity contribution in [2.24, 2.45) is 0 Å². The summed E-state index contributed by atoms with van der Waals surface area (Å²) in [6.45, 7) is 3.80. The third kappa shape index (κ3) is 3.22. The Labute approximate surface area is 165 Å². The van der Waals surface area contributed by atoms with Gasteiger partial charge in [-0.1, -0.05) is 73.7 Å². The molecule has 0 radical (unpaired) electrons. The predicted octanol–water partition coefficient (Wildman–Crippen LogP) is 3.59. The van der Waals surface area contributed by atoms with Gasteiger partial charge in [0.25, 0.3) is 5.91 Å². The Bertz CT molecular complexity index is 895. The molecule has 144 valence electrons. The van der Waals surface area contributed by atoms with Gasteiger partial charge in [0.15, 0.2) is 0 Å². The maximum absolute atomic E-state index is 13.2. The van der Waals surface area contributed by atoms with Gasteiger partial charge in [-0.05, 0) is 29.5 Å². The molecule has 1 saturated heterocycles. The highest BCUT2D eigenvalue weighted by Gasteiger charge is 2.51. The summed E-state index contributed by atoms with van der Waals surface area (Å²) in [7, 11) is 0. The molecule has 2 aromatic carbocycles. The third-order valence-corrected chi connectivity index (χ3v) is 5.75. The van der Waals surface area contributed by atoms with Crippen LogP contribution in [0.1, 0.15) is 30.9 Å². The largest absolute Gasteiger partial charge is 0.326 e. The molecule has 2 aliphatic heterocycles. The van der Waals surface area contributed by atoms with Gasteiger partial charge in [0.1, 0.15) is 5.54 Å². The van der Waals surface area contributed by atoms with Gasteiger partial charge in [-0.3, -0.25) is 9.69 Å². The molecule has 5 heteroatoms. The topological polar surface area (TPSA) is 52.7 Å². The van der Waals surface area contributed by atoms with Crippen LogP contribution in [0.15, 0.2) is 66.7 Å². The van der Waals surface area contributed by atoms with E-state index in [2.05, 4.69) is 28.4 Å². The van der Waals surface area contributed by atoms with Crippen LogP contribution in [0.25, 0.3) is 5.57 Å². The molecule has 0 aliphatic carbocycles. The number of hydrogen-bond acceptors (Lipinski definition) is 3. The Morgan fingerprint density at radius 1 is 1.00 bits per heavy atom. The summed E-state index contributed by atoms with van der Waals surface area (Å²) < 4.78 is 0. The van der Waals surface area contributed by atoms with E-state index in [0.717, 1.165) is 25.1 Å². The van der Waals surface area contributed by atoms with Crippen molar-refractivity contribution < 1.29 is 9.59 Å². The summed E-state index contributed by atoms with van der Waals surface area (Å²) in [5.74, 6) is -0.163. The zero-order chi connectivity index (χ0) is 19.6. The quantitative estimate of drug-likeness (QED) is 0.813. The monoisotopic (exact) mass is 375 g/mol. The Hall–Kier alpha value is -2.92. The second-order valence-corrected chi connectivity index (χ2v) is 7.35. The lowest BCUT2D eigenvalue weighted by Crippen LogP contribution is -2.45. The van der Waals surface area contributed by atoms with Gasteiger partial charge in [0.2, 0.25) is 0 Å². The van der Waals surface area contributed by atoms with Gasteiger partial charge in [-0.25, -0.2) is 9.69 Å². The highest BCUT2D eigenvalue weighted by molar-refractivity contribution is 6.07. The molecule has 2 aromatic rings. The SMILES string of the molecule is CC[C@]1(c2ccccc2)NC(=O)N(CN2CC=C(c3ccccc3)CC2)C1=O. The average molecular weight is 375 g/mol. The summed E-state index contributed by atoms with van der Waals surface area (Å²) in [6, 6.07) is 19.6. The minimum Gasteiger partial charge on any atom is -0.319 e. The molecule has 2 heterocycles. The number of nitrogens with zero attached hydrogens (tertiary/aromatic N) is 2. The van der Waals surface area contributed by atoms with E-state index in [1.165, 1.54) is 16.0 Å². The maximum Gasteiger partial charge on any atom is 0.326 e. The Morgan fingerprint density at radius 2 is 1.68 bits per heavy atom. The molecule has 0 spiro atoms. The molecule has 1 fully saturated rings. The van der Waals surface area contributed by atoms with Crippen LogP contribution in [0.2, 0.25) is 0 Å². The van der Waals surface area contributed by atoms with Crippen LogP contribution in [-0.4, -0.2) is 41.5 Å². The summed E-state index contributed by atoms with van der Waals surface area (Å²) in [6.07, 6.45) is 3.63. The predicted molar refractivity (Wildman–Crippen MR) is 109 cm³/mol. The fraction of sp³-hybridized carbons (Fsp3) is 0.304. The molecule has 0 unspecified atom stereocenters. The normalized spacial score (nSPS) is 22.9. The van der Waals surface area contributed by atoms with E-state index in [1.807, 2.05) is 55.5 Å². The molecule has 1 N–H and O–H groups in total. The summed E-state index contributed by atoms with van der Waals surface area (Å²) in [5, 5.41) is 2.95. The van der Waals surface area contributed by atoms with Crippen LogP contribution in [0.4, 0.5) is 4.79 Å². The number of benzene rings is 2. The van der Waals surface area contributed by atoms with E-state index >= 15 is 0 Å². The maximum atomic E-state index is 13.2. The van der Waals surface area contributed by atoms with Crippen LogP contribution in [0.3, 0.4) is 0 Å². The van der Waals surface area contributed by atoms with Crippen molar-refractivity contribution in [2.45, 2.75) is 25.3 Å². The van der Waals surface area contributed by atoms with Gasteiger partial charge in [0.05, 0.1) is 6.67 Å². The number of amides is 3. The van der Waals surface area contributed by atoms with Gasteiger partial charge >= 0.3 is 6.03 Å². The minimum absolute atomic E-state index is 0.163. The third-order valence-electron chi connectivity index (χ3n) is 5.75. The number of imide groups is 1. The van der Waals surface area contributed by atoms with Crippen molar-refractivity contribution >= 4 is 17.5 Å². The van der Waals surface area contributed by atoms with Crippen LogP contribution in [-0.2, 0) is 10.3 Å². The Balaban J connectivity index is 1.48. The smallest absolute Gasteiger partial charge is 0.319 e. The van der Waals surface area contributed by atoms with Crippen molar-refractivity contribution in [1.82, 2.24) is 15.1 Å². The van der Waals surface area contributed by atoms with Crippen LogP contribution < -0.4 is 5.32 Å². The van der Waals surface area contributed by atoms with Gasteiger partial charge in [-0.15, -0.1) is 0 Å². The first-order valence-corrected chi connectivity index (χ1v) is 9.80. The van der Waals surface area contributed by atoms with Crippen molar-refractivity contribution in [3.8, 4) is 0 Å². The van der Waals surface area contributed by atoms with E-state index in [1.54, 1.807) is 0 Å².